The van der Waals surface area contributed by atoms with Gasteiger partial charge in [0.15, 0.2) is 11.6 Å². The average molecular weight is 331 g/mol. The van der Waals surface area contributed by atoms with E-state index < -0.39 is 0 Å². The van der Waals surface area contributed by atoms with Crippen LogP contribution in [0.25, 0.3) is 0 Å². The van der Waals surface area contributed by atoms with E-state index in [0.717, 1.165) is 30.7 Å². The lowest BCUT2D eigenvalue weighted by Gasteiger charge is -2.19. The number of aliphatic hydroxyl groups is 1. The quantitative estimate of drug-likeness (QED) is 0.647. The zero-order valence-corrected chi connectivity index (χ0v) is 14.2. The van der Waals surface area contributed by atoms with Gasteiger partial charge in [0.2, 0.25) is 5.95 Å². The number of ether oxygens (including phenoxy) is 1. The van der Waals surface area contributed by atoms with Crippen molar-refractivity contribution in [3.63, 3.8) is 0 Å². The number of nitrogens with one attached hydrogen (secondary N) is 1. The van der Waals surface area contributed by atoms with Gasteiger partial charge in [-0.25, -0.2) is 4.98 Å². The Morgan fingerprint density at radius 2 is 2.17 bits per heavy atom. The first-order valence-electron chi connectivity index (χ1n) is 8.17. The maximum atomic E-state index is 9.52. The van der Waals surface area contributed by atoms with E-state index in [1.54, 1.807) is 0 Å². The highest BCUT2D eigenvalue weighted by Crippen LogP contribution is 2.24. The van der Waals surface area contributed by atoms with Gasteiger partial charge >= 0.3 is 0 Å². The number of unbranched alkanes of at least 4 members (excludes halogenated alkanes) is 1. The third-order valence-electron chi connectivity index (χ3n) is 3.56. The second kappa shape index (κ2) is 9.02. The summed E-state index contributed by atoms with van der Waals surface area (Å²) >= 11 is 0. The van der Waals surface area contributed by atoms with Crippen LogP contribution in [-0.2, 0) is 6.61 Å². The fraction of sp³-hybridized carbons (Fsp3) is 0.471. The maximum absolute atomic E-state index is 9.52. The van der Waals surface area contributed by atoms with E-state index in [2.05, 4.69) is 27.2 Å². The van der Waals surface area contributed by atoms with Crippen LogP contribution < -0.4 is 15.8 Å². The molecule has 0 aliphatic rings. The Bertz CT molecular complexity index is 651. The summed E-state index contributed by atoms with van der Waals surface area (Å²) in [6.45, 7) is 4.37. The highest BCUT2D eigenvalue weighted by molar-refractivity contribution is 5.51. The van der Waals surface area contributed by atoms with E-state index in [1.807, 2.05) is 25.1 Å². The number of hydrogen-bond donors (Lipinski definition) is 3. The number of nitrogens with two attached hydrogens (primary N) is 1. The summed E-state index contributed by atoms with van der Waals surface area (Å²) in [4.78, 5) is 12.6. The monoisotopic (exact) mass is 331 g/mol. The number of aromatic nitrogens is 3. The molecule has 4 N–H and O–H groups in total. The first-order valence-corrected chi connectivity index (χ1v) is 8.17. The minimum atomic E-state index is -0.0984. The summed E-state index contributed by atoms with van der Waals surface area (Å²) in [7, 11) is 0. The number of aryl methyl sites for hydroxylation is 1. The molecule has 1 atom stereocenters. The minimum Gasteiger partial charge on any atom is -0.482 e. The number of nitrogens with zero attached hydrogens (tertiary/aromatic N) is 3. The zero-order chi connectivity index (χ0) is 17.4. The predicted octanol–water partition coefficient (Wildman–Crippen LogP) is 2.30. The average Bonchev–Trinajstić information content (AvgIpc) is 2.58. The van der Waals surface area contributed by atoms with Crippen LogP contribution in [0.15, 0.2) is 24.4 Å². The highest BCUT2D eigenvalue weighted by Gasteiger charge is 2.13. The molecule has 2 rings (SSSR count). The number of aliphatic hydroxyl groups excluding tert-OH is 1. The van der Waals surface area contributed by atoms with Crippen LogP contribution in [0, 0.1) is 6.92 Å². The van der Waals surface area contributed by atoms with Gasteiger partial charge in [-0.2, -0.15) is 4.98 Å². The van der Waals surface area contributed by atoms with Crippen LogP contribution >= 0.6 is 0 Å². The summed E-state index contributed by atoms with van der Waals surface area (Å²) < 4.78 is 5.80. The fourth-order valence-electron chi connectivity index (χ4n) is 2.28. The van der Waals surface area contributed by atoms with Crippen molar-refractivity contribution in [3.05, 3.63) is 35.8 Å². The van der Waals surface area contributed by atoms with E-state index >= 15 is 0 Å². The van der Waals surface area contributed by atoms with Gasteiger partial charge in [0, 0.05) is 5.69 Å². The van der Waals surface area contributed by atoms with Gasteiger partial charge in [-0.15, -0.1) is 0 Å². The molecule has 0 fully saturated rings. The van der Waals surface area contributed by atoms with Crippen molar-refractivity contribution in [1.29, 1.82) is 0 Å². The van der Waals surface area contributed by atoms with Crippen molar-refractivity contribution in [2.45, 2.75) is 45.8 Å². The standard InChI is InChI=1S/C17H25N5O2/c1-3-4-7-13(10-23)21-16-15(9-19-17(18)22-16)24-11-14-8-5-6-12(2)20-14/h5-6,8-9,13,23H,3-4,7,10-11H2,1-2H3,(H3,18,19,21,22). The summed E-state index contributed by atoms with van der Waals surface area (Å²) in [5, 5.41) is 12.7. The van der Waals surface area contributed by atoms with E-state index in [1.165, 1.54) is 6.20 Å². The first-order chi connectivity index (χ1) is 11.6. The molecule has 0 amide bonds. The van der Waals surface area contributed by atoms with E-state index in [9.17, 15) is 5.11 Å². The molecule has 1 unspecified atom stereocenters. The molecule has 0 radical (unpaired) electrons. The number of hydrogen-bond acceptors (Lipinski definition) is 7. The van der Waals surface area contributed by atoms with Gasteiger partial charge in [-0.1, -0.05) is 25.8 Å². The van der Waals surface area contributed by atoms with Crippen LogP contribution in [0.3, 0.4) is 0 Å². The van der Waals surface area contributed by atoms with Crippen molar-refractivity contribution in [3.8, 4) is 5.75 Å². The molecule has 0 bridgehead atoms. The van der Waals surface area contributed by atoms with Crippen molar-refractivity contribution >= 4 is 11.8 Å². The molecule has 7 nitrogen and oxygen atoms in total. The lowest BCUT2D eigenvalue weighted by atomic mass is 10.1. The van der Waals surface area contributed by atoms with Crippen LogP contribution in [0.5, 0.6) is 5.75 Å². The van der Waals surface area contributed by atoms with Crippen LogP contribution in [-0.4, -0.2) is 32.7 Å². The van der Waals surface area contributed by atoms with Crippen molar-refractivity contribution in [2.24, 2.45) is 0 Å². The fourth-order valence-corrected chi connectivity index (χ4v) is 2.28. The number of nitrogen functional groups attached to an aromatic ring is 1. The Morgan fingerprint density at radius 3 is 2.88 bits per heavy atom. The molecule has 24 heavy (non-hydrogen) atoms. The Hall–Kier alpha value is -2.41. The molecule has 2 heterocycles. The lowest BCUT2D eigenvalue weighted by Crippen LogP contribution is -2.25. The third kappa shape index (κ3) is 5.34. The van der Waals surface area contributed by atoms with Crippen LogP contribution in [0.2, 0.25) is 0 Å². The molecular formula is C17H25N5O2. The number of pyridine rings is 1. The second-order valence-corrected chi connectivity index (χ2v) is 5.67. The molecule has 2 aromatic rings. The number of rotatable bonds is 9. The smallest absolute Gasteiger partial charge is 0.222 e. The molecule has 0 aromatic carbocycles. The Kier molecular flexibility index (Phi) is 6.74. The van der Waals surface area contributed by atoms with Crippen molar-refractivity contribution in [2.75, 3.05) is 17.7 Å². The van der Waals surface area contributed by atoms with Gasteiger partial charge < -0.3 is 20.9 Å². The predicted molar refractivity (Wildman–Crippen MR) is 93.8 cm³/mol. The van der Waals surface area contributed by atoms with Gasteiger partial charge in [0.25, 0.3) is 0 Å². The summed E-state index contributed by atoms with van der Waals surface area (Å²) in [6, 6.07) is 5.67. The highest BCUT2D eigenvalue weighted by atomic mass is 16.5. The lowest BCUT2D eigenvalue weighted by molar-refractivity contribution is 0.265. The molecule has 7 heteroatoms. The van der Waals surface area contributed by atoms with E-state index in [-0.39, 0.29) is 18.6 Å². The van der Waals surface area contributed by atoms with Crippen LogP contribution in [0.4, 0.5) is 11.8 Å². The van der Waals surface area contributed by atoms with E-state index in [4.69, 9.17) is 10.5 Å². The summed E-state index contributed by atoms with van der Waals surface area (Å²) in [6.07, 6.45) is 4.46. The van der Waals surface area contributed by atoms with Crippen molar-refractivity contribution in [1.82, 2.24) is 15.0 Å². The second-order valence-electron chi connectivity index (χ2n) is 5.67. The van der Waals surface area contributed by atoms with Gasteiger partial charge in [-0.3, -0.25) is 4.98 Å². The summed E-state index contributed by atoms with van der Waals surface area (Å²) in [5.41, 5.74) is 7.43. The molecule has 0 spiro atoms. The largest absolute Gasteiger partial charge is 0.482 e. The zero-order valence-electron chi connectivity index (χ0n) is 14.2. The maximum Gasteiger partial charge on any atom is 0.222 e. The Morgan fingerprint density at radius 1 is 1.33 bits per heavy atom. The molecule has 0 saturated heterocycles. The van der Waals surface area contributed by atoms with Crippen molar-refractivity contribution < 1.29 is 9.84 Å². The first kappa shape index (κ1) is 17.9. The molecular weight excluding hydrogens is 306 g/mol. The molecule has 0 aliphatic heterocycles. The molecule has 0 aliphatic carbocycles. The minimum absolute atomic E-state index is 0.0166. The normalized spacial score (nSPS) is 12.0. The van der Waals surface area contributed by atoms with Crippen LogP contribution in [0.1, 0.15) is 37.6 Å². The summed E-state index contributed by atoms with van der Waals surface area (Å²) in [5.74, 6) is 1.14. The Balaban J connectivity index is 2.08. The van der Waals surface area contributed by atoms with Gasteiger partial charge in [0.1, 0.15) is 6.61 Å². The molecule has 0 saturated carbocycles. The topological polar surface area (TPSA) is 106 Å². The molecule has 130 valence electrons. The number of anilines is 2. The third-order valence-corrected chi connectivity index (χ3v) is 3.56. The SMILES string of the molecule is CCCCC(CO)Nc1nc(N)ncc1OCc1cccc(C)n1. The van der Waals surface area contributed by atoms with E-state index in [0.29, 0.717) is 18.2 Å². The van der Waals surface area contributed by atoms with Gasteiger partial charge in [-0.05, 0) is 25.5 Å². The molecule has 2 aromatic heterocycles. The van der Waals surface area contributed by atoms with Gasteiger partial charge in [0.05, 0.1) is 24.5 Å². The Labute approximate surface area is 142 Å².